The minimum atomic E-state index is -1.39. The number of hydrogen-bond donors (Lipinski definition) is 2. The van der Waals surface area contributed by atoms with Crippen LogP contribution in [0, 0.1) is 5.92 Å². The van der Waals surface area contributed by atoms with Crippen molar-refractivity contribution >= 4 is 12.6 Å². The van der Waals surface area contributed by atoms with Crippen LogP contribution in [-0.2, 0) is 6.54 Å². The number of benzene rings is 1. The Labute approximate surface area is 123 Å². The third kappa shape index (κ3) is 6.52. The molecule has 5 heteroatoms. The first-order valence-electron chi connectivity index (χ1n) is 7.20. The maximum absolute atomic E-state index is 9.24. The van der Waals surface area contributed by atoms with Gasteiger partial charge in [-0.15, -0.1) is 0 Å². The largest absolute Gasteiger partial charge is 0.488 e. The van der Waals surface area contributed by atoms with Crippen molar-refractivity contribution in [2.24, 2.45) is 5.92 Å². The SMILES string of the molecule is CC(C)CN(CCN(C)C)Cc1cccc(B(O)O)c1. The second-order valence-corrected chi connectivity index (χ2v) is 6.05. The molecule has 0 amide bonds. The zero-order chi connectivity index (χ0) is 15.1. The summed E-state index contributed by atoms with van der Waals surface area (Å²) in [6.45, 7) is 8.35. The van der Waals surface area contributed by atoms with Crippen molar-refractivity contribution < 1.29 is 10.0 Å². The van der Waals surface area contributed by atoms with Gasteiger partial charge in [-0.1, -0.05) is 38.1 Å². The molecule has 0 aliphatic carbocycles. The monoisotopic (exact) mass is 278 g/mol. The Kier molecular flexibility index (Phi) is 7.23. The fraction of sp³-hybridized carbons (Fsp3) is 0.600. The smallest absolute Gasteiger partial charge is 0.423 e. The van der Waals surface area contributed by atoms with Crippen LogP contribution < -0.4 is 5.46 Å². The van der Waals surface area contributed by atoms with Crippen LogP contribution in [0.5, 0.6) is 0 Å². The Hall–Kier alpha value is -0.875. The molecule has 1 aromatic carbocycles. The standard InChI is InChI=1S/C15H27BN2O2/c1-13(2)11-18(9-8-17(3)4)12-14-6-5-7-15(10-14)16(19)20/h5-7,10,13,19-20H,8-9,11-12H2,1-4H3. The van der Waals surface area contributed by atoms with Crippen molar-refractivity contribution in [3.8, 4) is 0 Å². The fourth-order valence-electron chi connectivity index (χ4n) is 2.20. The van der Waals surface area contributed by atoms with E-state index in [9.17, 15) is 10.0 Å². The molecule has 1 rings (SSSR count). The van der Waals surface area contributed by atoms with Gasteiger partial charge in [-0.25, -0.2) is 0 Å². The highest BCUT2D eigenvalue weighted by molar-refractivity contribution is 6.58. The molecule has 0 aromatic heterocycles. The molecule has 0 saturated heterocycles. The molecular formula is C15H27BN2O2. The zero-order valence-electron chi connectivity index (χ0n) is 13.1. The molecule has 0 unspecified atom stereocenters. The quantitative estimate of drug-likeness (QED) is 0.675. The third-order valence-corrected chi connectivity index (χ3v) is 3.14. The molecule has 4 nitrogen and oxygen atoms in total. The highest BCUT2D eigenvalue weighted by atomic mass is 16.4. The Morgan fingerprint density at radius 2 is 1.85 bits per heavy atom. The van der Waals surface area contributed by atoms with Crippen LogP contribution in [0.1, 0.15) is 19.4 Å². The Morgan fingerprint density at radius 3 is 2.40 bits per heavy atom. The van der Waals surface area contributed by atoms with Gasteiger partial charge in [0.15, 0.2) is 0 Å². The number of nitrogens with zero attached hydrogens (tertiary/aromatic N) is 2. The van der Waals surface area contributed by atoms with Gasteiger partial charge in [0.2, 0.25) is 0 Å². The number of hydrogen-bond acceptors (Lipinski definition) is 4. The summed E-state index contributed by atoms with van der Waals surface area (Å²) in [5, 5.41) is 18.5. The Balaban J connectivity index is 2.69. The maximum atomic E-state index is 9.24. The maximum Gasteiger partial charge on any atom is 0.488 e. The lowest BCUT2D eigenvalue weighted by Crippen LogP contribution is -2.35. The van der Waals surface area contributed by atoms with Gasteiger partial charge in [0.25, 0.3) is 0 Å². The first-order chi connectivity index (χ1) is 9.38. The van der Waals surface area contributed by atoms with Crippen LogP contribution in [0.15, 0.2) is 24.3 Å². The summed E-state index contributed by atoms with van der Waals surface area (Å²) in [6, 6.07) is 7.52. The molecule has 0 bridgehead atoms. The summed E-state index contributed by atoms with van der Waals surface area (Å²) in [4.78, 5) is 4.59. The second kappa shape index (κ2) is 8.42. The fourth-order valence-corrected chi connectivity index (χ4v) is 2.20. The van der Waals surface area contributed by atoms with Gasteiger partial charge in [-0.3, -0.25) is 4.90 Å². The lowest BCUT2D eigenvalue weighted by molar-refractivity contribution is 0.212. The van der Waals surface area contributed by atoms with Gasteiger partial charge in [0, 0.05) is 26.2 Å². The first kappa shape index (κ1) is 17.2. The molecule has 0 atom stereocenters. The van der Waals surface area contributed by atoms with Crippen molar-refractivity contribution in [1.82, 2.24) is 9.80 Å². The second-order valence-electron chi connectivity index (χ2n) is 6.05. The van der Waals surface area contributed by atoms with E-state index in [1.165, 1.54) is 0 Å². The van der Waals surface area contributed by atoms with E-state index < -0.39 is 7.12 Å². The van der Waals surface area contributed by atoms with Crippen molar-refractivity contribution in [2.45, 2.75) is 20.4 Å². The van der Waals surface area contributed by atoms with E-state index in [1.807, 2.05) is 18.2 Å². The minimum Gasteiger partial charge on any atom is -0.423 e. The van der Waals surface area contributed by atoms with Crippen LogP contribution in [0.25, 0.3) is 0 Å². The van der Waals surface area contributed by atoms with Gasteiger partial charge in [-0.2, -0.15) is 0 Å². The molecule has 0 aliphatic rings. The lowest BCUT2D eigenvalue weighted by atomic mass is 9.79. The normalized spacial score (nSPS) is 11.7. The molecule has 112 valence electrons. The highest BCUT2D eigenvalue weighted by Crippen LogP contribution is 2.07. The Morgan fingerprint density at radius 1 is 1.15 bits per heavy atom. The van der Waals surface area contributed by atoms with Gasteiger partial charge < -0.3 is 14.9 Å². The van der Waals surface area contributed by atoms with E-state index in [0.29, 0.717) is 11.4 Å². The minimum absolute atomic E-state index is 0.555. The summed E-state index contributed by atoms with van der Waals surface area (Å²) in [7, 11) is 2.77. The van der Waals surface area contributed by atoms with Crippen molar-refractivity contribution in [3.05, 3.63) is 29.8 Å². The van der Waals surface area contributed by atoms with E-state index >= 15 is 0 Å². The molecule has 0 fully saturated rings. The average Bonchev–Trinajstić information content (AvgIpc) is 2.35. The van der Waals surface area contributed by atoms with Crippen molar-refractivity contribution in [3.63, 3.8) is 0 Å². The van der Waals surface area contributed by atoms with E-state index in [2.05, 4.69) is 37.7 Å². The number of likely N-dealkylation sites (N-methyl/N-ethyl adjacent to an activating group) is 1. The van der Waals surface area contributed by atoms with Gasteiger partial charge in [0.05, 0.1) is 0 Å². The zero-order valence-corrected chi connectivity index (χ0v) is 13.1. The van der Waals surface area contributed by atoms with E-state index in [4.69, 9.17) is 0 Å². The number of rotatable bonds is 8. The third-order valence-electron chi connectivity index (χ3n) is 3.14. The topological polar surface area (TPSA) is 46.9 Å². The van der Waals surface area contributed by atoms with Crippen molar-refractivity contribution in [1.29, 1.82) is 0 Å². The van der Waals surface area contributed by atoms with E-state index in [0.717, 1.165) is 31.7 Å². The molecule has 0 spiro atoms. The molecule has 2 N–H and O–H groups in total. The summed E-state index contributed by atoms with van der Waals surface area (Å²) in [5.41, 5.74) is 1.68. The molecule has 20 heavy (non-hydrogen) atoms. The van der Waals surface area contributed by atoms with Crippen LogP contribution in [0.4, 0.5) is 0 Å². The summed E-state index contributed by atoms with van der Waals surface area (Å²) in [6.07, 6.45) is 0. The van der Waals surface area contributed by atoms with Crippen LogP contribution in [-0.4, -0.2) is 60.7 Å². The summed E-state index contributed by atoms with van der Waals surface area (Å²) in [5.74, 6) is 0.615. The molecule has 1 aromatic rings. The predicted molar refractivity (Wildman–Crippen MR) is 84.9 cm³/mol. The molecule has 0 aliphatic heterocycles. The first-order valence-corrected chi connectivity index (χ1v) is 7.20. The molecular weight excluding hydrogens is 251 g/mol. The highest BCUT2D eigenvalue weighted by Gasteiger charge is 2.13. The van der Waals surface area contributed by atoms with Gasteiger partial charge in [-0.05, 0) is 31.0 Å². The van der Waals surface area contributed by atoms with E-state index in [1.54, 1.807) is 6.07 Å². The summed E-state index contributed by atoms with van der Waals surface area (Å²) < 4.78 is 0. The average molecular weight is 278 g/mol. The lowest BCUT2D eigenvalue weighted by Gasteiger charge is -2.26. The van der Waals surface area contributed by atoms with Crippen LogP contribution >= 0.6 is 0 Å². The summed E-state index contributed by atoms with van der Waals surface area (Å²) >= 11 is 0. The van der Waals surface area contributed by atoms with Crippen molar-refractivity contribution in [2.75, 3.05) is 33.7 Å². The van der Waals surface area contributed by atoms with Crippen LogP contribution in [0.2, 0.25) is 0 Å². The van der Waals surface area contributed by atoms with Gasteiger partial charge >= 0.3 is 7.12 Å². The van der Waals surface area contributed by atoms with Crippen LogP contribution in [0.3, 0.4) is 0 Å². The Bertz CT molecular complexity index is 397. The molecule has 0 radical (unpaired) electrons. The van der Waals surface area contributed by atoms with Gasteiger partial charge in [0.1, 0.15) is 0 Å². The molecule has 0 heterocycles. The molecule has 0 saturated carbocycles. The van der Waals surface area contributed by atoms with E-state index in [-0.39, 0.29) is 0 Å². The predicted octanol–water partition coefficient (Wildman–Crippen LogP) is 0.386.